The average Bonchev–Trinajstić information content (AvgIpc) is 2.61. The molecule has 0 radical (unpaired) electrons. The van der Waals surface area contributed by atoms with Crippen LogP contribution < -0.4 is 11.1 Å². The third kappa shape index (κ3) is 2.46. The van der Waals surface area contributed by atoms with Gasteiger partial charge in [0.1, 0.15) is 12.2 Å². The van der Waals surface area contributed by atoms with Crippen molar-refractivity contribution >= 4 is 5.91 Å². The van der Waals surface area contributed by atoms with E-state index in [-0.39, 0.29) is 36.1 Å². The second-order valence-electron chi connectivity index (χ2n) is 5.73. The van der Waals surface area contributed by atoms with Crippen LogP contribution in [0.2, 0.25) is 0 Å². The van der Waals surface area contributed by atoms with Gasteiger partial charge in [-0.2, -0.15) is 0 Å². The van der Waals surface area contributed by atoms with E-state index in [4.69, 9.17) is 15.2 Å². The molecule has 98 valence electrons. The van der Waals surface area contributed by atoms with Crippen LogP contribution in [0.5, 0.6) is 0 Å². The van der Waals surface area contributed by atoms with E-state index >= 15 is 0 Å². The smallest absolute Gasteiger partial charge is 0.226 e. The number of amides is 1. The Labute approximate surface area is 102 Å². The molecular weight excluding hydrogens is 220 g/mol. The van der Waals surface area contributed by atoms with Crippen LogP contribution in [0.1, 0.15) is 34.1 Å². The van der Waals surface area contributed by atoms with Gasteiger partial charge in [0.05, 0.1) is 5.92 Å². The van der Waals surface area contributed by atoms with E-state index in [9.17, 15) is 4.79 Å². The zero-order chi connectivity index (χ0) is 12.8. The van der Waals surface area contributed by atoms with Crippen molar-refractivity contribution in [2.75, 3.05) is 0 Å². The van der Waals surface area contributed by atoms with Gasteiger partial charge in [-0.25, -0.2) is 0 Å². The number of fused-ring (bicyclic) bond motifs is 1. The van der Waals surface area contributed by atoms with Gasteiger partial charge in [-0.1, -0.05) is 0 Å². The summed E-state index contributed by atoms with van der Waals surface area (Å²) in [5.74, 6) is -0.813. The molecule has 2 rings (SSSR count). The fourth-order valence-corrected chi connectivity index (χ4v) is 2.67. The van der Waals surface area contributed by atoms with Gasteiger partial charge in [-0.15, -0.1) is 0 Å². The molecule has 5 nitrogen and oxygen atoms in total. The zero-order valence-corrected chi connectivity index (χ0v) is 10.9. The van der Waals surface area contributed by atoms with E-state index in [0.29, 0.717) is 6.42 Å². The van der Waals surface area contributed by atoms with Crippen LogP contribution in [-0.2, 0) is 14.3 Å². The lowest BCUT2D eigenvalue weighted by molar-refractivity contribution is -0.161. The number of nitrogens with one attached hydrogen (secondary N) is 1. The lowest BCUT2D eigenvalue weighted by Gasteiger charge is -2.22. The Morgan fingerprint density at radius 2 is 1.94 bits per heavy atom. The number of nitrogens with two attached hydrogens (primary N) is 1. The quantitative estimate of drug-likeness (QED) is 0.734. The largest absolute Gasteiger partial charge is 0.354 e. The molecule has 17 heavy (non-hydrogen) atoms. The molecule has 1 amide bonds. The van der Waals surface area contributed by atoms with Gasteiger partial charge >= 0.3 is 0 Å². The molecule has 0 aromatic carbocycles. The van der Waals surface area contributed by atoms with Crippen molar-refractivity contribution in [3.8, 4) is 0 Å². The molecule has 1 heterocycles. The van der Waals surface area contributed by atoms with Crippen molar-refractivity contribution in [2.24, 2.45) is 11.7 Å². The van der Waals surface area contributed by atoms with E-state index < -0.39 is 5.79 Å². The molecule has 0 bridgehead atoms. The van der Waals surface area contributed by atoms with Crippen molar-refractivity contribution in [1.29, 1.82) is 0 Å². The van der Waals surface area contributed by atoms with Gasteiger partial charge in [0.25, 0.3) is 0 Å². The summed E-state index contributed by atoms with van der Waals surface area (Å²) < 4.78 is 11.5. The predicted molar refractivity (Wildman–Crippen MR) is 63.2 cm³/mol. The second kappa shape index (κ2) is 4.23. The lowest BCUT2D eigenvalue weighted by Crippen LogP contribution is -2.40. The summed E-state index contributed by atoms with van der Waals surface area (Å²) in [4.78, 5) is 12.1. The molecule has 1 aliphatic carbocycles. The fraction of sp³-hybridized carbons (Fsp3) is 0.917. The topological polar surface area (TPSA) is 73.6 Å². The van der Waals surface area contributed by atoms with Gasteiger partial charge in [0.2, 0.25) is 5.91 Å². The summed E-state index contributed by atoms with van der Waals surface area (Å²) in [6, 6.07) is 0.0118. The first-order chi connectivity index (χ1) is 7.80. The molecule has 0 spiro atoms. The molecular formula is C12H22N2O3. The van der Waals surface area contributed by atoms with Crippen LogP contribution >= 0.6 is 0 Å². The normalized spacial score (nSPS) is 39.4. The number of carbonyl (C=O) groups excluding carboxylic acids is 1. The molecule has 0 unspecified atom stereocenters. The van der Waals surface area contributed by atoms with E-state index in [1.165, 1.54) is 0 Å². The molecule has 3 N–H and O–H groups in total. The maximum absolute atomic E-state index is 12.1. The van der Waals surface area contributed by atoms with Gasteiger partial charge in [0, 0.05) is 12.1 Å². The first-order valence-electron chi connectivity index (χ1n) is 6.22. The SMILES string of the molecule is CC(C)NC(=O)[C@H]1C[C@@H](N)[C@@H]2OC(C)(C)O[C@@H]21. The van der Waals surface area contributed by atoms with Crippen molar-refractivity contribution in [3.05, 3.63) is 0 Å². The molecule has 1 aliphatic heterocycles. The maximum Gasteiger partial charge on any atom is 0.226 e. The summed E-state index contributed by atoms with van der Waals surface area (Å²) in [6.45, 7) is 7.60. The van der Waals surface area contributed by atoms with Crippen molar-refractivity contribution in [2.45, 2.75) is 64.2 Å². The number of hydrogen-bond acceptors (Lipinski definition) is 4. The van der Waals surface area contributed by atoms with Crippen LogP contribution in [0.4, 0.5) is 0 Å². The van der Waals surface area contributed by atoms with E-state index in [1.807, 2.05) is 27.7 Å². The standard InChI is InChI=1S/C12H22N2O3/c1-6(2)14-11(15)7-5-8(13)10-9(7)16-12(3,4)17-10/h6-10H,5,13H2,1-4H3,(H,14,15)/t7-,8+,9+,10-/m0/s1. The summed E-state index contributed by atoms with van der Waals surface area (Å²) in [6.07, 6.45) is 0.260. The van der Waals surface area contributed by atoms with Crippen molar-refractivity contribution < 1.29 is 14.3 Å². The summed E-state index contributed by atoms with van der Waals surface area (Å²) >= 11 is 0. The molecule has 4 atom stereocenters. The lowest BCUT2D eigenvalue weighted by atomic mass is 10.0. The Morgan fingerprint density at radius 1 is 1.35 bits per heavy atom. The van der Waals surface area contributed by atoms with Crippen molar-refractivity contribution in [1.82, 2.24) is 5.32 Å². The second-order valence-corrected chi connectivity index (χ2v) is 5.73. The van der Waals surface area contributed by atoms with Crippen LogP contribution in [0.15, 0.2) is 0 Å². The minimum Gasteiger partial charge on any atom is -0.354 e. The van der Waals surface area contributed by atoms with Crippen LogP contribution in [-0.4, -0.2) is 36.0 Å². The molecule has 2 fully saturated rings. The third-order valence-corrected chi connectivity index (χ3v) is 3.28. The Bertz CT molecular complexity index is 317. The van der Waals surface area contributed by atoms with Crippen LogP contribution in [0, 0.1) is 5.92 Å². The Kier molecular flexibility index (Phi) is 3.18. The van der Waals surface area contributed by atoms with E-state index in [1.54, 1.807) is 0 Å². The Balaban J connectivity index is 2.08. The van der Waals surface area contributed by atoms with Gasteiger partial charge < -0.3 is 20.5 Å². The summed E-state index contributed by atoms with van der Waals surface area (Å²) in [5, 5.41) is 2.92. The highest BCUT2D eigenvalue weighted by molar-refractivity contribution is 5.80. The minimum atomic E-state index is -0.635. The van der Waals surface area contributed by atoms with Crippen LogP contribution in [0.3, 0.4) is 0 Å². The highest BCUT2D eigenvalue weighted by Crippen LogP contribution is 2.40. The minimum absolute atomic E-state index is 0.0178. The molecule has 0 aromatic rings. The third-order valence-electron chi connectivity index (χ3n) is 3.28. The number of rotatable bonds is 2. The molecule has 5 heteroatoms. The average molecular weight is 242 g/mol. The summed E-state index contributed by atoms with van der Waals surface area (Å²) in [5.41, 5.74) is 6.02. The van der Waals surface area contributed by atoms with Gasteiger partial charge in [0.15, 0.2) is 5.79 Å². The molecule has 1 saturated carbocycles. The Morgan fingerprint density at radius 3 is 2.53 bits per heavy atom. The first-order valence-corrected chi connectivity index (χ1v) is 6.22. The highest BCUT2D eigenvalue weighted by atomic mass is 16.8. The highest BCUT2D eigenvalue weighted by Gasteiger charge is 2.54. The van der Waals surface area contributed by atoms with E-state index in [0.717, 1.165) is 0 Å². The van der Waals surface area contributed by atoms with Gasteiger partial charge in [-0.3, -0.25) is 4.79 Å². The van der Waals surface area contributed by atoms with Crippen molar-refractivity contribution in [3.63, 3.8) is 0 Å². The maximum atomic E-state index is 12.1. The summed E-state index contributed by atoms with van der Waals surface area (Å²) in [7, 11) is 0. The molecule has 0 aromatic heterocycles. The number of hydrogen-bond donors (Lipinski definition) is 2. The van der Waals surface area contributed by atoms with Crippen LogP contribution in [0.25, 0.3) is 0 Å². The van der Waals surface area contributed by atoms with E-state index in [2.05, 4.69) is 5.32 Å². The Hall–Kier alpha value is -0.650. The number of carbonyl (C=O) groups is 1. The zero-order valence-electron chi connectivity index (χ0n) is 10.9. The van der Waals surface area contributed by atoms with Gasteiger partial charge in [-0.05, 0) is 34.1 Å². The molecule has 2 aliphatic rings. The fourth-order valence-electron chi connectivity index (χ4n) is 2.67. The monoisotopic (exact) mass is 242 g/mol. The first kappa shape index (κ1) is 12.8. The number of ether oxygens (including phenoxy) is 2. The predicted octanol–water partition coefficient (Wildman–Crippen LogP) is 0.378. The molecule has 1 saturated heterocycles.